The predicted octanol–water partition coefficient (Wildman–Crippen LogP) is 2.53. The highest BCUT2D eigenvalue weighted by Crippen LogP contribution is 2.16. The van der Waals surface area contributed by atoms with Crippen LogP contribution in [0.4, 0.5) is 4.39 Å². The van der Waals surface area contributed by atoms with Crippen molar-refractivity contribution in [2.75, 3.05) is 6.61 Å². The number of ether oxygens (including phenoxy) is 1. The minimum absolute atomic E-state index is 0.0686. The third-order valence-corrected chi connectivity index (χ3v) is 2.09. The molecule has 3 nitrogen and oxygen atoms in total. The smallest absolute Gasteiger partial charge is 0.145 e. The van der Waals surface area contributed by atoms with Gasteiger partial charge in [-0.25, -0.2) is 4.39 Å². The lowest BCUT2D eigenvalue weighted by molar-refractivity contribution is 0.0888. The molecule has 0 saturated carbocycles. The molecule has 0 aliphatic rings. The molecule has 4 heteroatoms. The molecule has 0 amide bonds. The molecule has 1 N–H and O–H groups in total. The highest BCUT2D eigenvalue weighted by molar-refractivity contribution is 5.22. The summed E-state index contributed by atoms with van der Waals surface area (Å²) in [7, 11) is 0. The quantitative estimate of drug-likeness (QED) is 0.864. The normalized spacial score (nSPS) is 12.4. The van der Waals surface area contributed by atoms with E-state index in [0.29, 0.717) is 11.5 Å². The van der Waals surface area contributed by atoms with E-state index in [1.54, 1.807) is 12.1 Å². The monoisotopic (exact) mass is 222 g/mol. The lowest BCUT2D eigenvalue weighted by Crippen LogP contribution is -2.08. The number of furan rings is 1. The Balaban J connectivity index is 1.90. The van der Waals surface area contributed by atoms with Crippen molar-refractivity contribution in [2.24, 2.45) is 0 Å². The fourth-order valence-corrected chi connectivity index (χ4v) is 1.27. The first-order valence-electron chi connectivity index (χ1n) is 4.85. The van der Waals surface area contributed by atoms with Gasteiger partial charge in [-0.1, -0.05) is 0 Å². The molecule has 2 aromatic rings. The average Bonchev–Trinajstić information content (AvgIpc) is 2.81. The number of hydrogen-bond donors (Lipinski definition) is 1. The Bertz CT molecular complexity index is 422. The molecule has 2 rings (SSSR count). The molecule has 84 valence electrons. The van der Waals surface area contributed by atoms with Crippen LogP contribution >= 0.6 is 0 Å². The Morgan fingerprint density at radius 2 is 2.00 bits per heavy atom. The molecule has 0 radical (unpaired) electrons. The van der Waals surface area contributed by atoms with E-state index < -0.39 is 6.10 Å². The van der Waals surface area contributed by atoms with Gasteiger partial charge < -0.3 is 14.3 Å². The number of aliphatic hydroxyl groups excluding tert-OH is 1. The summed E-state index contributed by atoms with van der Waals surface area (Å²) in [4.78, 5) is 0. The van der Waals surface area contributed by atoms with E-state index in [1.165, 1.54) is 30.5 Å². The Hall–Kier alpha value is -1.81. The van der Waals surface area contributed by atoms with E-state index in [1.807, 2.05) is 0 Å². The maximum Gasteiger partial charge on any atom is 0.145 e. The molecule has 0 bridgehead atoms. The summed E-state index contributed by atoms with van der Waals surface area (Å²) in [5.41, 5.74) is 0. The summed E-state index contributed by atoms with van der Waals surface area (Å²) >= 11 is 0. The molecule has 0 saturated heterocycles. The second kappa shape index (κ2) is 4.81. The zero-order valence-electron chi connectivity index (χ0n) is 8.47. The molecule has 1 unspecified atom stereocenters. The molecule has 1 heterocycles. The molecule has 1 aromatic heterocycles. The Morgan fingerprint density at radius 3 is 2.62 bits per heavy atom. The van der Waals surface area contributed by atoms with E-state index in [0.717, 1.165) is 0 Å². The second-order valence-corrected chi connectivity index (χ2v) is 3.30. The highest BCUT2D eigenvalue weighted by Gasteiger charge is 2.10. The first kappa shape index (κ1) is 10.7. The van der Waals surface area contributed by atoms with Crippen LogP contribution in [0, 0.1) is 5.82 Å². The molecule has 1 aromatic carbocycles. The zero-order chi connectivity index (χ0) is 11.4. The van der Waals surface area contributed by atoms with Gasteiger partial charge in [-0.2, -0.15) is 0 Å². The van der Waals surface area contributed by atoms with E-state index in [9.17, 15) is 9.50 Å². The van der Waals surface area contributed by atoms with E-state index in [4.69, 9.17) is 9.15 Å². The summed E-state index contributed by atoms with van der Waals surface area (Å²) in [5, 5.41) is 9.63. The summed E-state index contributed by atoms with van der Waals surface area (Å²) in [6, 6.07) is 8.97. The number of rotatable bonds is 4. The predicted molar refractivity (Wildman–Crippen MR) is 55.6 cm³/mol. The number of aliphatic hydroxyl groups is 1. The molecular weight excluding hydrogens is 211 g/mol. The van der Waals surface area contributed by atoms with Gasteiger partial charge in [0.15, 0.2) is 0 Å². The maximum atomic E-state index is 12.6. The highest BCUT2D eigenvalue weighted by atomic mass is 19.1. The molecule has 16 heavy (non-hydrogen) atoms. The van der Waals surface area contributed by atoms with Gasteiger partial charge >= 0.3 is 0 Å². The lowest BCUT2D eigenvalue weighted by atomic mass is 10.3. The summed E-state index contributed by atoms with van der Waals surface area (Å²) < 4.78 is 22.9. The third-order valence-electron chi connectivity index (χ3n) is 2.09. The third kappa shape index (κ3) is 2.61. The van der Waals surface area contributed by atoms with Gasteiger partial charge in [0.1, 0.15) is 30.0 Å². The van der Waals surface area contributed by atoms with Crippen LogP contribution in [0.5, 0.6) is 5.75 Å². The van der Waals surface area contributed by atoms with Crippen molar-refractivity contribution in [3.63, 3.8) is 0 Å². The maximum absolute atomic E-state index is 12.6. The fraction of sp³-hybridized carbons (Fsp3) is 0.167. The van der Waals surface area contributed by atoms with Gasteiger partial charge in [-0.15, -0.1) is 0 Å². The second-order valence-electron chi connectivity index (χ2n) is 3.30. The van der Waals surface area contributed by atoms with Crippen LogP contribution in [-0.2, 0) is 0 Å². The van der Waals surface area contributed by atoms with E-state index in [2.05, 4.69) is 0 Å². The van der Waals surface area contributed by atoms with Crippen molar-refractivity contribution >= 4 is 0 Å². The minimum Gasteiger partial charge on any atom is -0.490 e. The molecule has 1 atom stereocenters. The van der Waals surface area contributed by atoms with Crippen molar-refractivity contribution in [1.29, 1.82) is 0 Å². The van der Waals surface area contributed by atoms with Crippen molar-refractivity contribution in [1.82, 2.24) is 0 Å². The van der Waals surface area contributed by atoms with Crippen molar-refractivity contribution in [3.05, 3.63) is 54.2 Å². The van der Waals surface area contributed by atoms with E-state index in [-0.39, 0.29) is 12.4 Å². The van der Waals surface area contributed by atoms with Gasteiger partial charge in [-0.05, 0) is 36.4 Å². The van der Waals surface area contributed by atoms with Gasteiger partial charge in [-0.3, -0.25) is 0 Å². The Labute approximate surface area is 92.1 Å². The summed E-state index contributed by atoms with van der Waals surface area (Å²) in [6.45, 7) is 0.0686. The molecule has 0 aliphatic carbocycles. The first-order chi connectivity index (χ1) is 7.75. The minimum atomic E-state index is -0.819. The van der Waals surface area contributed by atoms with Crippen LogP contribution in [-0.4, -0.2) is 11.7 Å². The molecule has 0 fully saturated rings. The average molecular weight is 222 g/mol. The van der Waals surface area contributed by atoms with Crippen LogP contribution in [0.1, 0.15) is 11.9 Å². The Morgan fingerprint density at radius 1 is 1.25 bits per heavy atom. The number of hydrogen-bond acceptors (Lipinski definition) is 3. The van der Waals surface area contributed by atoms with Gasteiger partial charge in [0.05, 0.1) is 6.26 Å². The van der Waals surface area contributed by atoms with Crippen molar-refractivity contribution in [3.8, 4) is 5.75 Å². The van der Waals surface area contributed by atoms with Crippen LogP contribution < -0.4 is 4.74 Å². The summed E-state index contributed by atoms with van der Waals surface area (Å²) in [6.07, 6.45) is 0.663. The topological polar surface area (TPSA) is 42.6 Å². The van der Waals surface area contributed by atoms with Crippen LogP contribution in [0.15, 0.2) is 47.1 Å². The van der Waals surface area contributed by atoms with Gasteiger partial charge in [0, 0.05) is 0 Å². The lowest BCUT2D eigenvalue weighted by Gasteiger charge is -2.09. The van der Waals surface area contributed by atoms with Crippen LogP contribution in [0.25, 0.3) is 0 Å². The summed E-state index contributed by atoms with van der Waals surface area (Å²) in [5.74, 6) is 0.632. The molecule has 0 spiro atoms. The number of halogens is 1. The van der Waals surface area contributed by atoms with E-state index >= 15 is 0 Å². The van der Waals surface area contributed by atoms with Crippen LogP contribution in [0.3, 0.4) is 0 Å². The molecule has 0 aliphatic heterocycles. The Kier molecular flexibility index (Phi) is 3.22. The zero-order valence-corrected chi connectivity index (χ0v) is 8.47. The van der Waals surface area contributed by atoms with Crippen molar-refractivity contribution < 1.29 is 18.7 Å². The largest absolute Gasteiger partial charge is 0.490 e. The standard InChI is InChI=1S/C12H11FO3/c13-9-3-5-10(6-4-9)16-8-11(14)12-2-1-7-15-12/h1-7,11,14H,8H2. The molecular formula is C12H11FO3. The van der Waals surface area contributed by atoms with Crippen LogP contribution in [0.2, 0.25) is 0 Å². The fourth-order valence-electron chi connectivity index (χ4n) is 1.27. The number of benzene rings is 1. The van der Waals surface area contributed by atoms with Crippen molar-refractivity contribution in [2.45, 2.75) is 6.10 Å². The SMILES string of the molecule is OC(COc1ccc(F)cc1)c1ccco1. The first-order valence-corrected chi connectivity index (χ1v) is 4.85. The van der Waals surface area contributed by atoms with Gasteiger partial charge in [0.25, 0.3) is 0 Å². The van der Waals surface area contributed by atoms with Gasteiger partial charge in [0.2, 0.25) is 0 Å².